The Hall–Kier alpha value is -0.870. The molecule has 1 aliphatic heterocycles. The lowest BCUT2D eigenvalue weighted by Crippen LogP contribution is -2.52. The van der Waals surface area contributed by atoms with E-state index in [1.807, 2.05) is 6.20 Å². The molecule has 2 aliphatic rings. The second-order valence-electron chi connectivity index (χ2n) is 6.41. The van der Waals surface area contributed by atoms with Crippen LogP contribution in [0.25, 0.3) is 0 Å². The minimum absolute atomic E-state index is 0.356. The Morgan fingerprint density at radius 2 is 2.15 bits per heavy atom. The molecule has 1 spiro atoms. The van der Waals surface area contributed by atoms with Crippen molar-refractivity contribution in [1.82, 2.24) is 15.2 Å². The van der Waals surface area contributed by atoms with Crippen molar-refractivity contribution in [3.63, 3.8) is 0 Å². The lowest BCUT2D eigenvalue weighted by atomic mass is 9.81. The molecule has 0 atom stereocenters. The van der Waals surface area contributed by atoms with E-state index in [1.165, 1.54) is 38.5 Å². The molecule has 1 aromatic rings. The van der Waals surface area contributed by atoms with Gasteiger partial charge in [0.25, 0.3) is 0 Å². The maximum absolute atomic E-state index is 5.78. The van der Waals surface area contributed by atoms with E-state index in [1.54, 1.807) is 0 Å². The van der Waals surface area contributed by atoms with Crippen LogP contribution in [0, 0.1) is 0 Å². The minimum Gasteiger partial charge on any atom is -0.444 e. The summed E-state index contributed by atoms with van der Waals surface area (Å²) in [7, 11) is 0. The Bertz CT molecular complexity index is 423. The highest BCUT2D eigenvalue weighted by Crippen LogP contribution is 2.30. The molecule has 1 aromatic heterocycles. The van der Waals surface area contributed by atoms with Gasteiger partial charge >= 0.3 is 0 Å². The molecule has 1 aliphatic carbocycles. The summed E-state index contributed by atoms with van der Waals surface area (Å²) in [5.41, 5.74) is 0.356. The van der Waals surface area contributed by atoms with Gasteiger partial charge in [0.05, 0.1) is 12.7 Å². The van der Waals surface area contributed by atoms with Crippen LogP contribution in [-0.2, 0) is 13.0 Å². The van der Waals surface area contributed by atoms with Crippen molar-refractivity contribution in [2.45, 2.75) is 64.0 Å². The quantitative estimate of drug-likeness (QED) is 0.922. The van der Waals surface area contributed by atoms with Crippen LogP contribution in [0.5, 0.6) is 0 Å². The van der Waals surface area contributed by atoms with Gasteiger partial charge in [0, 0.05) is 18.5 Å². The molecular weight excluding hydrogens is 250 g/mol. The van der Waals surface area contributed by atoms with E-state index in [-0.39, 0.29) is 0 Å². The topological polar surface area (TPSA) is 41.3 Å². The van der Waals surface area contributed by atoms with Gasteiger partial charge in [0.1, 0.15) is 5.76 Å². The summed E-state index contributed by atoms with van der Waals surface area (Å²) in [6.45, 7) is 6.43. The van der Waals surface area contributed by atoms with Crippen LogP contribution in [0.15, 0.2) is 10.6 Å². The van der Waals surface area contributed by atoms with Gasteiger partial charge in [-0.05, 0) is 32.4 Å². The number of aryl methyl sites for hydroxylation is 1. The van der Waals surface area contributed by atoms with Crippen molar-refractivity contribution in [2.24, 2.45) is 0 Å². The molecule has 0 aromatic carbocycles. The minimum atomic E-state index is 0.356. The van der Waals surface area contributed by atoms with Gasteiger partial charge in [-0.25, -0.2) is 4.98 Å². The Balaban J connectivity index is 1.65. The monoisotopic (exact) mass is 277 g/mol. The summed E-state index contributed by atoms with van der Waals surface area (Å²) in [6.07, 6.45) is 10.8. The van der Waals surface area contributed by atoms with Crippen molar-refractivity contribution in [2.75, 3.05) is 19.6 Å². The summed E-state index contributed by atoms with van der Waals surface area (Å²) in [4.78, 5) is 6.95. The highest BCUT2D eigenvalue weighted by molar-refractivity contribution is 4.98. The van der Waals surface area contributed by atoms with E-state index < -0.39 is 0 Å². The zero-order chi connectivity index (χ0) is 13.8. The molecule has 0 unspecified atom stereocenters. The number of nitrogens with one attached hydrogen (secondary N) is 1. The van der Waals surface area contributed by atoms with Gasteiger partial charge in [-0.3, -0.25) is 4.90 Å². The van der Waals surface area contributed by atoms with Gasteiger partial charge < -0.3 is 9.73 Å². The Morgan fingerprint density at radius 3 is 2.90 bits per heavy atom. The second-order valence-corrected chi connectivity index (χ2v) is 6.41. The van der Waals surface area contributed by atoms with Crippen LogP contribution in [0.4, 0.5) is 0 Å². The van der Waals surface area contributed by atoms with Crippen molar-refractivity contribution in [3.05, 3.63) is 17.8 Å². The Morgan fingerprint density at radius 1 is 1.30 bits per heavy atom. The molecule has 3 rings (SSSR count). The van der Waals surface area contributed by atoms with Crippen molar-refractivity contribution in [3.8, 4) is 0 Å². The molecule has 112 valence electrons. The summed E-state index contributed by atoms with van der Waals surface area (Å²) in [5, 5.41) is 3.84. The Labute approximate surface area is 121 Å². The summed E-state index contributed by atoms with van der Waals surface area (Å²) < 4.78 is 5.78. The average molecular weight is 277 g/mol. The maximum Gasteiger partial charge on any atom is 0.208 e. The highest BCUT2D eigenvalue weighted by atomic mass is 16.4. The molecule has 1 N–H and O–H groups in total. The second kappa shape index (κ2) is 6.27. The molecule has 4 heteroatoms. The van der Waals surface area contributed by atoms with Gasteiger partial charge in [-0.2, -0.15) is 0 Å². The largest absolute Gasteiger partial charge is 0.444 e. The lowest BCUT2D eigenvalue weighted by molar-refractivity contribution is 0.150. The number of oxazole rings is 1. The van der Waals surface area contributed by atoms with Gasteiger partial charge in [-0.15, -0.1) is 0 Å². The van der Waals surface area contributed by atoms with Gasteiger partial charge in [-0.1, -0.05) is 26.2 Å². The van der Waals surface area contributed by atoms with E-state index in [0.717, 1.165) is 44.3 Å². The number of hydrogen-bond donors (Lipinski definition) is 1. The SMILES string of the molecule is CCc1cnc(CN2CCCNC3(CCCCC3)C2)o1. The number of rotatable bonds is 3. The number of aromatic nitrogens is 1. The summed E-state index contributed by atoms with van der Waals surface area (Å²) >= 11 is 0. The van der Waals surface area contributed by atoms with Crippen molar-refractivity contribution >= 4 is 0 Å². The third kappa shape index (κ3) is 3.23. The lowest BCUT2D eigenvalue weighted by Gasteiger charge is -2.39. The third-order valence-corrected chi connectivity index (χ3v) is 4.80. The van der Waals surface area contributed by atoms with Crippen LogP contribution in [0.3, 0.4) is 0 Å². The normalized spacial score (nSPS) is 23.9. The molecule has 0 bridgehead atoms. The molecule has 1 saturated heterocycles. The van der Waals surface area contributed by atoms with Crippen LogP contribution in [0.2, 0.25) is 0 Å². The molecule has 1 saturated carbocycles. The van der Waals surface area contributed by atoms with E-state index in [0.29, 0.717) is 5.54 Å². The molecule has 2 heterocycles. The molecule has 4 nitrogen and oxygen atoms in total. The maximum atomic E-state index is 5.78. The van der Waals surface area contributed by atoms with Crippen LogP contribution in [-0.4, -0.2) is 35.1 Å². The van der Waals surface area contributed by atoms with E-state index in [9.17, 15) is 0 Å². The first-order valence-corrected chi connectivity index (χ1v) is 8.21. The molecular formula is C16H27N3O. The predicted octanol–water partition coefficient (Wildman–Crippen LogP) is 2.74. The first-order valence-electron chi connectivity index (χ1n) is 8.21. The van der Waals surface area contributed by atoms with Gasteiger partial charge in [0.2, 0.25) is 5.89 Å². The number of hydrogen-bond acceptors (Lipinski definition) is 4. The third-order valence-electron chi connectivity index (χ3n) is 4.80. The zero-order valence-corrected chi connectivity index (χ0v) is 12.7. The van der Waals surface area contributed by atoms with Crippen LogP contribution >= 0.6 is 0 Å². The highest BCUT2D eigenvalue weighted by Gasteiger charge is 2.35. The Kier molecular flexibility index (Phi) is 4.41. The van der Waals surface area contributed by atoms with Gasteiger partial charge in [0.15, 0.2) is 0 Å². The molecule has 20 heavy (non-hydrogen) atoms. The number of nitrogens with zero attached hydrogens (tertiary/aromatic N) is 2. The van der Waals surface area contributed by atoms with Crippen molar-refractivity contribution in [1.29, 1.82) is 0 Å². The van der Waals surface area contributed by atoms with Crippen LogP contribution in [0.1, 0.15) is 57.1 Å². The average Bonchev–Trinajstić information content (AvgIpc) is 2.83. The molecule has 0 radical (unpaired) electrons. The summed E-state index contributed by atoms with van der Waals surface area (Å²) in [5.74, 6) is 1.88. The molecule has 2 fully saturated rings. The molecule has 0 amide bonds. The first kappa shape index (κ1) is 14.1. The van der Waals surface area contributed by atoms with E-state index in [4.69, 9.17) is 4.42 Å². The van der Waals surface area contributed by atoms with E-state index in [2.05, 4.69) is 22.1 Å². The zero-order valence-electron chi connectivity index (χ0n) is 12.7. The summed E-state index contributed by atoms with van der Waals surface area (Å²) in [6, 6.07) is 0. The standard InChI is InChI=1S/C16H27N3O/c1-2-14-11-17-15(20-14)12-19-10-6-9-18-16(13-19)7-4-3-5-8-16/h11,18H,2-10,12-13H2,1H3. The van der Waals surface area contributed by atoms with E-state index >= 15 is 0 Å². The first-order chi connectivity index (χ1) is 9.80. The predicted molar refractivity (Wildman–Crippen MR) is 79.6 cm³/mol. The fourth-order valence-electron chi connectivity index (χ4n) is 3.69. The fourth-order valence-corrected chi connectivity index (χ4v) is 3.69. The van der Waals surface area contributed by atoms with Crippen LogP contribution < -0.4 is 5.32 Å². The smallest absolute Gasteiger partial charge is 0.208 e. The van der Waals surface area contributed by atoms with Crippen molar-refractivity contribution < 1.29 is 4.42 Å². The fraction of sp³-hybridized carbons (Fsp3) is 0.812.